The first kappa shape index (κ1) is 26.2. The molecule has 0 radical (unpaired) electrons. The summed E-state index contributed by atoms with van der Waals surface area (Å²) in [4.78, 5) is 3.48. The monoisotopic (exact) mass is 494 g/mol. The molecule has 0 amide bonds. The molecule has 0 bridgehead atoms. The molecule has 2 unspecified atom stereocenters. The summed E-state index contributed by atoms with van der Waals surface area (Å²) in [5.74, 6) is 0.902. The second-order valence-corrected chi connectivity index (χ2v) is 8.77. The second-order valence-electron chi connectivity index (χ2n) is 7.92. The molecule has 2 N–H and O–H groups in total. The van der Waals surface area contributed by atoms with E-state index >= 15 is 0 Å². The van der Waals surface area contributed by atoms with Crippen molar-refractivity contribution in [2.24, 2.45) is 0 Å². The van der Waals surface area contributed by atoms with Crippen LogP contribution in [0.1, 0.15) is 40.8 Å². The zero-order chi connectivity index (χ0) is 24.4. The van der Waals surface area contributed by atoms with Crippen molar-refractivity contribution in [1.82, 2.24) is 10.3 Å². The normalized spacial score (nSPS) is 13.6. The summed E-state index contributed by atoms with van der Waals surface area (Å²) < 4.78 is 49.3. The highest BCUT2D eigenvalue weighted by atomic mass is 32.1. The molecule has 0 fully saturated rings. The van der Waals surface area contributed by atoms with Gasteiger partial charge >= 0.3 is 6.18 Å². The van der Waals surface area contributed by atoms with Crippen LogP contribution in [0.2, 0.25) is 0 Å². The Morgan fingerprint density at radius 3 is 2.41 bits per heavy atom. The summed E-state index contributed by atoms with van der Waals surface area (Å²) in [6.45, 7) is 4.34. The minimum atomic E-state index is -4.49. The number of thiazole rings is 1. The molecule has 3 rings (SSSR count). The van der Waals surface area contributed by atoms with E-state index in [1.165, 1.54) is 10.9 Å². The lowest BCUT2D eigenvalue weighted by Gasteiger charge is -2.16. The van der Waals surface area contributed by atoms with Gasteiger partial charge in [0, 0.05) is 18.5 Å². The Balaban J connectivity index is 1.32. The number of hydrogen-bond donors (Lipinski definition) is 2. The molecule has 3 aromatic rings. The highest BCUT2D eigenvalue weighted by Crippen LogP contribution is 2.32. The summed E-state index contributed by atoms with van der Waals surface area (Å²) >= 11 is 0.487. The molecule has 5 nitrogen and oxygen atoms in total. The van der Waals surface area contributed by atoms with Crippen LogP contribution in [-0.2, 0) is 17.3 Å². The molecular weight excluding hydrogens is 465 g/mol. The third-order valence-electron chi connectivity index (χ3n) is 5.22. The quantitative estimate of drug-likeness (QED) is 0.319. The molecule has 1 aromatic heterocycles. The van der Waals surface area contributed by atoms with Gasteiger partial charge in [-0.15, -0.1) is 11.3 Å². The Labute approximate surface area is 201 Å². The predicted octanol–water partition coefficient (Wildman–Crippen LogP) is 5.23. The molecule has 0 aliphatic heterocycles. The van der Waals surface area contributed by atoms with Gasteiger partial charge in [-0.1, -0.05) is 49.4 Å². The Morgan fingerprint density at radius 2 is 1.74 bits per heavy atom. The van der Waals surface area contributed by atoms with Crippen molar-refractivity contribution in [1.29, 1.82) is 0 Å². The van der Waals surface area contributed by atoms with E-state index in [-0.39, 0.29) is 18.2 Å². The number of aliphatic hydroxyl groups excluding tert-OH is 1. The van der Waals surface area contributed by atoms with Crippen LogP contribution in [0.15, 0.2) is 60.0 Å². The van der Waals surface area contributed by atoms with Gasteiger partial charge in [-0.3, -0.25) is 0 Å². The predicted molar refractivity (Wildman–Crippen MR) is 126 cm³/mol. The van der Waals surface area contributed by atoms with E-state index in [0.29, 0.717) is 37.7 Å². The number of nitrogens with zero attached hydrogens (tertiary/aromatic N) is 1. The number of hydrogen-bond acceptors (Lipinski definition) is 6. The highest BCUT2D eigenvalue weighted by Gasteiger charge is 2.35. The van der Waals surface area contributed by atoms with Crippen molar-refractivity contribution in [3.05, 3.63) is 81.8 Å². The lowest BCUT2D eigenvalue weighted by atomic mass is 10.0. The average Bonchev–Trinajstić information content (AvgIpc) is 3.33. The highest BCUT2D eigenvalue weighted by molar-refractivity contribution is 7.09. The first-order valence-electron chi connectivity index (χ1n) is 11.1. The van der Waals surface area contributed by atoms with E-state index in [1.54, 1.807) is 0 Å². The van der Waals surface area contributed by atoms with Gasteiger partial charge in [-0.25, -0.2) is 4.98 Å². The Morgan fingerprint density at radius 1 is 1.00 bits per heavy atom. The van der Waals surface area contributed by atoms with Crippen molar-refractivity contribution < 1.29 is 27.8 Å². The van der Waals surface area contributed by atoms with Crippen LogP contribution in [0.3, 0.4) is 0 Å². The van der Waals surface area contributed by atoms with Crippen LogP contribution >= 0.6 is 11.3 Å². The third-order valence-corrected chi connectivity index (χ3v) is 6.12. The lowest BCUT2D eigenvalue weighted by Crippen LogP contribution is -2.25. The molecule has 0 aliphatic carbocycles. The molecule has 0 aliphatic rings. The van der Waals surface area contributed by atoms with Gasteiger partial charge in [0.1, 0.15) is 18.5 Å². The Hall–Kier alpha value is -2.46. The van der Waals surface area contributed by atoms with Gasteiger partial charge in [-0.05, 0) is 35.6 Å². The average molecular weight is 495 g/mol. The van der Waals surface area contributed by atoms with E-state index < -0.39 is 17.3 Å². The van der Waals surface area contributed by atoms with E-state index in [4.69, 9.17) is 9.47 Å². The molecule has 2 atom stereocenters. The van der Waals surface area contributed by atoms with Gasteiger partial charge in [0.2, 0.25) is 0 Å². The topological polar surface area (TPSA) is 63.6 Å². The fourth-order valence-electron chi connectivity index (χ4n) is 3.28. The molecular formula is C25H29F3N2O3S. The number of benzene rings is 2. The molecule has 184 valence electrons. The number of nitrogens with one attached hydrogen (secondary N) is 1. The number of aromatic nitrogens is 1. The standard InChI is InChI=1S/C25H29F3N2O3S/c1-18(15-29-16-23(31)22-17-34-24(30-22)25(26,27)28)20-7-9-21(10-8-20)33-14-13-32-12-11-19-5-3-2-4-6-19/h2-10,17-18,23,29,31H,11-16H2,1H3. The zero-order valence-electron chi connectivity index (χ0n) is 18.9. The van der Waals surface area contributed by atoms with E-state index in [0.717, 1.165) is 17.7 Å². The fourth-order valence-corrected chi connectivity index (χ4v) is 4.01. The second kappa shape index (κ2) is 12.9. The SMILES string of the molecule is CC(CNCC(O)c1csc(C(F)(F)F)n1)c1ccc(OCCOCCc2ccccc2)cc1. The van der Waals surface area contributed by atoms with Gasteiger partial charge < -0.3 is 19.9 Å². The summed E-state index contributed by atoms with van der Waals surface area (Å²) in [5, 5.41) is 13.5. The minimum absolute atomic E-state index is 0.0306. The zero-order valence-corrected chi connectivity index (χ0v) is 19.7. The van der Waals surface area contributed by atoms with E-state index in [1.807, 2.05) is 49.4 Å². The summed E-state index contributed by atoms with van der Waals surface area (Å²) in [7, 11) is 0. The van der Waals surface area contributed by atoms with E-state index in [9.17, 15) is 18.3 Å². The molecule has 0 spiro atoms. The summed E-state index contributed by atoms with van der Waals surface area (Å²) in [6, 6.07) is 17.9. The first-order chi connectivity index (χ1) is 16.3. The van der Waals surface area contributed by atoms with Gasteiger partial charge in [0.15, 0.2) is 5.01 Å². The van der Waals surface area contributed by atoms with E-state index in [2.05, 4.69) is 22.4 Å². The fraction of sp³-hybridized carbons (Fsp3) is 0.400. The smallest absolute Gasteiger partial charge is 0.443 e. The molecule has 0 saturated heterocycles. The van der Waals surface area contributed by atoms with Gasteiger partial charge in [0.05, 0.1) is 18.9 Å². The summed E-state index contributed by atoms with van der Waals surface area (Å²) in [5.41, 5.74) is 2.36. The third kappa shape index (κ3) is 8.39. The molecule has 2 aromatic carbocycles. The molecule has 34 heavy (non-hydrogen) atoms. The van der Waals surface area contributed by atoms with Gasteiger partial charge in [-0.2, -0.15) is 13.2 Å². The minimum Gasteiger partial charge on any atom is -0.491 e. The number of ether oxygens (including phenoxy) is 2. The van der Waals surface area contributed by atoms with Crippen molar-refractivity contribution in [3.63, 3.8) is 0 Å². The number of halogens is 3. The largest absolute Gasteiger partial charge is 0.491 e. The van der Waals surface area contributed by atoms with Crippen LogP contribution in [0.4, 0.5) is 13.2 Å². The number of aliphatic hydroxyl groups is 1. The summed E-state index contributed by atoms with van der Waals surface area (Å²) in [6.07, 6.45) is -4.71. The van der Waals surface area contributed by atoms with Crippen LogP contribution < -0.4 is 10.1 Å². The molecule has 9 heteroatoms. The number of rotatable bonds is 13. The van der Waals surface area contributed by atoms with Crippen molar-refractivity contribution in [2.75, 3.05) is 32.9 Å². The van der Waals surface area contributed by atoms with Crippen LogP contribution in [0, 0.1) is 0 Å². The molecule has 1 heterocycles. The Kier molecular flexibility index (Phi) is 9.88. The Bertz CT molecular complexity index is 981. The van der Waals surface area contributed by atoms with Crippen molar-refractivity contribution >= 4 is 11.3 Å². The molecule has 0 saturated carbocycles. The van der Waals surface area contributed by atoms with Crippen LogP contribution in [0.5, 0.6) is 5.75 Å². The van der Waals surface area contributed by atoms with Crippen molar-refractivity contribution in [2.45, 2.75) is 31.5 Å². The lowest BCUT2D eigenvalue weighted by molar-refractivity contribution is -0.137. The van der Waals surface area contributed by atoms with Crippen molar-refractivity contribution in [3.8, 4) is 5.75 Å². The number of alkyl halides is 3. The van der Waals surface area contributed by atoms with Crippen LogP contribution in [0.25, 0.3) is 0 Å². The van der Waals surface area contributed by atoms with Crippen LogP contribution in [-0.4, -0.2) is 43.0 Å². The van der Waals surface area contributed by atoms with Gasteiger partial charge in [0.25, 0.3) is 0 Å². The maximum Gasteiger partial charge on any atom is 0.443 e. The maximum absolute atomic E-state index is 12.7. The maximum atomic E-state index is 12.7. The first-order valence-corrected chi connectivity index (χ1v) is 12.0.